The highest BCUT2D eigenvalue weighted by molar-refractivity contribution is 6.58. The van der Waals surface area contributed by atoms with Crippen molar-refractivity contribution in [3.63, 3.8) is 0 Å². The van der Waals surface area contributed by atoms with Crippen molar-refractivity contribution in [1.29, 1.82) is 0 Å². The maximum absolute atomic E-state index is 11.6. The van der Waals surface area contributed by atoms with E-state index in [0.29, 0.717) is 5.47 Å². The Balaban J connectivity index is 2.15. The smallest absolute Gasteiger partial charge is 0.495 e. The second kappa shape index (κ2) is 6.39. The zero-order valence-electron chi connectivity index (χ0n) is 11.5. The van der Waals surface area contributed by atoms with Gasteiger partial charge in [0, 0.05) is 0 Å². The van der Waals surface area contributed by atoms with E-state index in [0.717, 1.165) is 5.56 Å². The van der Waals surface area contributed by atoms with Crippen molar-refractivity contribution in [1.82, 2.24) is 4.90 Å². The molecule has 0 aliphatic carbocycles. The SMILES string of the molecule is CC(=Cc1ccccc1)B1OC(=O)CN(C)CC(=O)O1. The van der Waals surface area contributed by atoms with Crippen LogP contribution in [0.5, 0.6) is 0 Å². The molecule has 104 valence electrons. The highest BCUT2D eigenvalue weighted by atomic mass is 16.6. The van der Waals surface area contributed by atoms with Gasteiger partial charge >= 0.3 is 19.1 Å². The van der Waals surface area contributed by atoms with Gasteiger partial charge in [0.2, 0.25) is 0 Å². The minimum atomic E-state index is -0.955. The number of hydrogen-bond donors (Lipinski definition) is 0. The Bertz CT molecular complexity index is 509. The van der Waals surface area contributed by atoms with Crippen LogP contribution in [0.3, 0.4) is 0 Å². The molecule has 0 unspecified atom stereocenters. The van der Waals surface area contributed by atoms with E-state index >= 15 is 0 Å². The first-order valence-corrected chi connectivity index (χ1v) is 6.35. The Hall–Kier alpha value is -2.08. The van der Waals surface area contributed by atoms with Crippen LogP contribution < -0.4 is 0 Å². The molecule has 1 aromatic carbocycles. The molecule has 2 rings (SSSR count). The molecule has 1 aliphatic rings. The van der Waals surface area contributed by atoms with Crippen LogP contribution in [0.1, 0.15) is 12.5 Å². The third kappa shape index (κ3) is 3.96. The lowest BCUT2D eigenvalue weighted by Crippen LogP contribution is -2.43. The van der Waals surface area contributed by atoms with E-state index in [1.807, 2.05) is 36.4 Å². The van der Waals surface area contributed by atoms with Crippen molar-refractivity contribution in [2.24, 2.45) is 0 Å². The summed E-state index contributed by atoms with van der Waals surface area (Å²) in [6.45, 7) is 1.91. The summed E-state index contributed by atoms with van der Waals surface area (Å²) in [5.41, 5.74) is 1.62. The molecule has 6 heteroatoms. The molecule has 1 heterocycles. The van der Waals surface area contributed by atoms with Gasteiger partial charge in [-0.3, -0.25) is 14.5 Å². The predicted molar refractivity (Wildman–Crippen MR) is 75.5 cm³/mol. The van der Waals surface area contributed by atoms with E-state index < -0.39 is 19.1 Å². The molecule has 0 radical (unpaired) electrons. The normalized spacial score (nSPS) is 18.1. The van der Waals surface area contributed by atoms with Crippen LogP contribution in [-0.2, 0) is 18.9 Å². The maximum Gasteiger partial charge on any atom is 0.631 e. The lowest BCUT2D eigenvalue weighted by Gasteiger charge is -2.22. The summed E-state index contributed by atoms with van der Waals surface area (Å²) >= 11 is 0. The first-order valence-electron chi connectivity index (χ1n) is 6.35. The number of carbonyl (C=O) groups excluding carboxylic acids is 2. The van der Waals surface area contributed by atoms with Gasteiger partial charge in [-0.1, -0.05) is 36.4 Å². The van der Waals surface area contributed by atoms with Crippen molar-refractivity contribution in [2.75, 3.05) is 20.1 Å². The monoisotopic (exact) mass is 273 g/mol. The Labute approximate surface area is 118 Å². The van der Waals surface area contributed by atoms with Gasteiger partial charge in [0.25, 0.3) is 0 Å². The first-order chi connectivity index (χ1) is 9.54. The van der Waals surface area contributed by atoms with Crippen molar-refractivity contribution in [3.8, 4) is 0 Å². The van der Waals surface area contributed by atoms with Gasteiger partial charge in [0.15, 0.2) is 0 Å². The Morgan fingerprint density at radius 1 is 1.15 bits per heavy atom. The summed E-state index contributed by atoms with van der Waals surface area (Å²) in [6, 6.07) is 9.57. The van der Waals surface area contributed by atoms with E-state index in [1.54, 1.807) is 18.9 Å². The molecule has 0 bridgehead atoms. The lowest BCUT2D eigenvalue weighted by molar-refractivity contribution is -0.145. The van der Waals surface area contributed by atoms with E-state index in [1.165, 1.54) is 0 Å². The molecule has 1 saturated heterocycles. The molecule has 20 heavy (non-hydrogen) atoms. The lowest BCUT2D eigenvalue weighted by atomic mass is 9.78. The molecule has 0 spiro atoms. The number of carbonyl (C=O) groups is 2. The minimum Gasteiger partial charge on any atom is -0.495 e. The summed E-state index contributed by atoms with van der Waals surface area (Å²) < 4.78 is 10.3. The van der Waals surface area contributed by atoms with Gasteiger partial charge < -0.3 is 9.31 Å². The van der Waals surface area contributed by atoms with Gasteiger partial charge in [-0.05, 0) is 25.0 Å². The number of nitrogens with zero attached hydrogens (tertiary/aromatic N) is 1. The minimum absolute atomic E-state index is 0.0736. The zero-order valence-corrected chi connectivity index (χ0v) is 11.5. The van der Waals surface area contributed by atoms with Gasteiger partial charge in [-0.15, -0.1) is 0 Å². The molecule has 5 nitrogen and oxygen atoms in total. The molecule has 0 amide bonds. The third-order valence-electron chi connectivity index (χ3n) is 2.84. The van der Waals surface area contributed by atoms with Crippen molar-refractivity contribution < 1.29 is 18.9 Å². The Morgan fingerprint density at radius 3 is 2.25 bits per heavy atom. The summed E-state index contributed by atoms with van der Waals surface area (Å²) in [5.74, 6) is -0.823. The van der Waals surface area contributed by atoms with Crippen LogP contribution in [0.2, 0.25) is 0 Å². The average molecular weight is 273 g/mol. The molecule has 1 aliphatic heterocycles. The molecular formula is C14H16BNO4. The Kier molecular flexibility index (Phi) is 4.58. The van der Waals surface area contributed by atoms with Crippen LogP contribution in [-0.4, -0.2) is 44.1 Å². The molecule has 1 fully saturated rings. The highest BCUT2D eigenvalue weighted by Crippen LogP contribution is 2.12. The van der Waals surface area contributed by atoms with E-state index in [4.69, 9.17) is 9.31 Å². The van der Waals surface area contributed by atoms with Gasteiger partial charge in [0.05, 0.1) is 13.1 Å². The second-order valence-electron chi connectivity index (χ2n) is 4.78. The standard InChI is InChI=1S/C14H16BNO4/c1-11(8-12-6-4-3-5-7-12)15-19-13(17)9-16(2)10-14(18)20-15/h3-8H,9-10H2,1-2H3. The van der Waals surface area contributed by atoms with E-state index in [9.17, 15) is 9.59 Å². The van der Waals surface area contributed by atoms with Crippen LogP contribution in [0.4, 0.5) is 0 Å². The number of allylic oxidation sites excluding steroid dienone is 1. The fraction of sp³-hybridized carbons (Fsp3) is 0.286. The first kappa shape index (κ1) is 14.3. The fourth-order valence-corrected chi connectivity index (χ4v) is 1.90. The van der Waals surface area contributed by atoms with Crippen molar-refractivity contribution in [3.05, 3.63) is 41.4 Å². The topological polar surface area (TPSA) is 55.8 Å². The van der Waals surface area contributed by atoms with Crippen molar-refractivity contribution in [2.45, 2.75) is 6.92 Å². The quantitative estimate of drug-likeness (QED) is 0.756. The number of rotatable bonds is 2. The van der Waals surface area contributed by atoms with Crippen LogP contribution >= 0.6 is 0 Å². The third-order valence-corrected chi connectivity index (χ3v) is 2.84. The predicted octanol–water partition coefficient (Wildman–Crippen LogP) is 1.15. The maximum atomic E-state index is 11.6. The zero-order chi connectivity index (χ0) is 14.5. The van der Waals surface area contributed by atoms with Crippen LogP contribution in [0.25, 0.3) is 6.08 Å². The van der Waals surface area contributed by atoms with E-state index in [2.05, 4.69) is 0 Å². The molecule has 0 saturated carbocycles. The van der Waals surface area contributed by atoms with Gasteiger partial charge in [-0.2, -0.15) is 0 Å². The molecule has 0 atom stereocenters. The van der Waals surface area contributed by atoms with Crippen LogP contribution in [0.15, 0.2) is 35.8 Å². The number of hydrogen-bond acceptors (Lipinski definition) is 5. The summed E-state index contributed by atoms with van der Waals surface area (Å²) in [5, 5.41) is 0. The van der Waals surface area contributed by atoms with Gasteiger partial charge in [-0.25, -0.2) is 0 Å². The average Bonchev–Trinajstić information content (AvgIpc) is 2.37. The van der Waals surface area contributed by atoms with Gasteiger partial charge in [0.1, 0.15) is 0 Å². The number of likely N-dealkylation sites (N-methyl/N-ethyl adjacent to an activating group) is 1. The molecule has 1 aromatic rings. The fourth-order valence-electron chi connectivity index (χ4n) is 1.90. The van der Waals surface area contributed by atoms with Crippen molar-refractivity contribution >= 4 is 25.1 Å². The molecular weight excluding hydrogens is 257 g/mol. The summed E-state index contributed by atoms with van der Waals surface area (Å²) in [6.07, 6.45) is 1.83. The largest absolute Gasteiger partial charge is 0.631 e. The Morgan fingerprint density at radius 2 is 1.70 bits per heavy atom. The second-order valence-corrected chi connectivity index (χ2v) is 4.78. The van der Waals surface area contributed by atoms with E-state index in [-0.39, 0.29) is 13.1 Å². The summed E-state index contributed by atoms with van der Waals surface area (Å²) in [7, 11) is 0.707. The highest BCUT2D eigenvalue weighted by Gasteiger charge is 2.33. The van der Waals surface area contributed by atoms with Crippen LogP contribution in [0, 0.1) is 0 Å². The summed E-state index contributed by atoms with van der Waals surface area (Å²) in [4.78, 5) is 24.8. The number of benzene rings is 1. The molecule has 0 aromatic heterocycles. The molecule has 0 N–H and O–H groups in total.